The number of carbonyl (C=O) groups excluding carboxylic acids is 1. The predicted octanol–water partition coefficient (Wildman–Crippen LogP) is 10.1. The Morgan fingerprint density at radius 3 is 1.29 bits per heavy atom. The summed E-state index contributed by atoms with van der Waals surface area (Å²) in [5, 5.41) is 0. The maximum absolute atomic E-state index is 11.3. The van der Waals surface area contributed by atoms with Gasteiger partial charge in [-0.2, -0.15) is 0 Å². The van der Waals surface area contributed by atoms with Gasteiger partial charge in [0.1, 0.15) is 6.10 Å². The molecule has 1 atom stereocenters. The van der Waals surface area contributed by atoms with Crippen LogP contribution in [0.2, 0.25) is 0 Å². The van der Waals surface area contributed by atoms with E-state index < -0.39 is 0 Å². The molecule has 2 heteroatoms. The second-order valence-corrected chi connectivity index (χ2v) is 10.2. The highest BCUT2D eigenvalue weighted by Crippen LogP contribution is 2.20. The van der Waals surface area contributed by atoms with Gasteiger partial charge in [0, 0.05) is 6.42 Å². The third-order valence-electron chi connectivity index (χ3n) is 7.08. The molecule has 0 radical (unpaired) electrons. The summed E-state index contributed by atoms with van der Waals surface area (Å²) in [6, 6.07) is 0. The van der Waals surface area contributed by atoms with Crippen LogP contribution in [0.1, 0.15) is 174 Å². The van der Waals surface area contributed by atoms with Crippen LogP contribution >= 0.6 is 0 Å². The summed E-state index contributed by atoms with van der Waals surface area (Å²) >= 11 is 0. The monoisotopic (exact) mass is 436 g/mol. The zero-order valence-electron chi connectivity index (χ0n) is 21.3. The molecule has 1 unspecified atom stereocenters. The number of carbonyl (C=O) groups is 1. The van der Waals surface area contributed by atoms with Crippen molar-refractivity contribution in [3.05, 3.63) is 0 Å². The Morgan fingerprint density at radius 2 is 0.935 bits per heavy atom. The SMILES string of the molecule is CCCCCCCCCCCCCCCCCCCCCCCCC1CCCC(=O)O1. The van der Waals surface area contributed by atoms with Crippen LogP contribution in [0.4, 0.5) is 0 Å². The molecule has 1 aliphatic heterocycles. The molecule has 0 aliphatic carbocycles. The number of cyclic esters (lactones) is 1. The lowest BCUT2D eigenvalue weighted by Gasteiger charge is -2.21. The molecule has 0 aromatic heterocycles. The van der Waals surface area contributed by atoms with Gasteiger partial charge in [-0.3, -0.25) is 4.79 Å². The molecule has 1 rings (SSSR count). The van der Waals surface area contributed by atoms with Crippen molar-refractivity contribution >= 4 is 5.97 Å². The fourth-order valence-electron chi connectivity index (χ4n) is 4.96. The average molecular weight is 437 g/mol. The summed E-state index contributed by atoms with van der Waals surface area (Å²) in [7, 11) is 0. The minimum absolute atomic E-state index is 0.0232. The van der Waals surface area contributed by atoms with Crippen LogP contribution in [-0.2, 0) is 9.53 Å². The smallest absolute Gasteiger partial charge is 0.306 e. The van der Waals surface area contributed by atoms with Gasteiger partial charge in [-0.15, -0.1) is 0 Å². The van der Waals surface area contributed by atoms with Crippen LogP contribution in [0.5, 0.6) is 0 Å². The van der Waals surface area contributed by atoms with Crippen molar-refractivity contribution in [3.8, 4) is 0 Å². The van der Waals surface area contributed by atoms with Gasteiger partial charge < -0.3 is 4.74 Å². The highest BCUT2D eigenvalue weighted by molar-refractivity contribution is 5.70. The van der Waals surface area contributed by atoms with E-state index in [2.05, 4.69) is 6.92 Å². The first-order chi connectivity index (χ1) is 15.3. The molecule has 0 aromatic rings. The first-order valence-corrected chi connectivity index (χ1v) is 14.5. The van der Waals surface area contributed by atoms with Crippen LogP contribution in [0.3, 0.4) is 0 Å². The molecule has 0 aromatic carbocycles. The zero-order chi connectivity index (χ0) is 22.2. The van der Waals surface area contributed by atoms with Crippen molar-refractivity contribution in [2.45, 2.75) is 180 Å². The highest BCUT2D eigenvalue weighted by Gasteiger charge is 2.19. The van der Waals surface area contributed by atoms with Crippen LogP contribution in [0.15, 0.2) is 0 Å². The molecule has 2 nitrogen and oxygen atoms in total. The lowest BCUT2D eigenvalue weighted by molar-refractivity contribution is -0.154. The molecule has 0 amide bonds. The van der Waals surface area contributed by atoms with Gasteiger partial charge in [-0.1, -0.05) is 142 Å². The summed E-state index contributed by atoms with van der Waals surface area (Å²) in [6.07, 6.45) is 35.5. The van der Waals surface area contributed by atoms with Crippen LogP contribution in [0.25, 0.3) is 0 Å². The third-order valence-corrected chi connectivity index (χ3v) is 7.08. The summed E-state index contributed by atoms with van der Waals surface area (Å²) in [4.78, 5) is 11.3. The Hall–Kier alpha value is -0.530. The van der Waals surface area contributed by atoms with Gasteiger partial charge in [-0.25, -0.2) is 0 Å². The van der Waals surface area contributed by atoms with Gasteiger partial charge in [0.05, 0.1) is 0 Å². The summed E-state index contributed by atoms with van der Waals surface area (Å²) in [6.45, 7) is 2.30. The van der Waals surface area contributed by atoms with E-state index in [0.29, 0.717) is 6.42 Å². The van der Waals surface area contributed by atoms with Crippen LogP contribution in [0, 0.1) is 0 Å². The Balaban J connectivity index is 1.65. The van der Waals surface area contributed by atoms with Crippen molar-refractivity contribution < 1.29 is 9.53 Å². The third kappa shape index (κ3) is 19.9. The van der Waals surface area contributed by atoms with Crippen molar-refractivity contribution in [1.82, 2.24) is 0 Å². The van der Waals surface area contributed by atoms with E-state index in [1.165, 1.54) is 141 Å². The predicted molar refractivity (Wildman–Crippen MR) is 136 cm³/mol. The van der Waals surface area contributed by atoms with E-state index in [4.69, 9.17) is 4.74 Å². The fraction of sp³-hybridized carbons (Fsp3) is 0.966. The minimum atomic E-state index is 0.0232. The molecule has 0 N–H and O–H groups in total. The Kier molecular flexibility index (Phi) is 20.8. The summed E-state index contributed by atoms with van der Waals surface area (Å²) < 4.78 is 5.39. The molecule has 184 valence electrons. The quantitative estimate of drug-likeness (QED) is 0.118. The van der Waals surface area contributed by atoms with Crippen LogP contribution < -0.4 is 0 Å². The normalized spacial score (nSPS) is 16.5. The van der Waals surface area contributed by atoms with E-state index in [-0.39, 0.29) is 12.1 Å². The van der Waals surface area contributed by atoms with Crippen molar-refractivity contribution in [3.63, 3.8) is 0 Å². The molecular weight excluding hydrogens is 380 g/mol. The molecular formula is C29H56O2. The lowest BCUT2D eigenvalue weighted by atomic mass is 10.0. The first-order valence-electron chi connectivity index (χ1n) is 14.5. The topological polar surface area (TPSA) is 26.3 Å². The number of hydrogen-bond acceptors (Lipinski definition) is 2. The molecule has 1 aliphatic rings. The number of rotatable bonds is 23. The molecule has 0 spiro atoms. The van der Waals surface area contributed by atoms with Gasteiger partial charge in [0.25, 0.3) is 0 Å². The molecule has 31 heavy (non-hydrogen) atoms. The van der Waals surface area contributed by atoms with Gasteiger partial charge in [0.15, 0.2) is 0 Å². The maximum atomic E-state index is 11.3. The fourth-order valence-corrected chi connectivity index (χ4v) is 4.96. The number of unbranched alkanes of at least 4 members (excludes halogenated alkanes) is 21. The maximum Gasteiger partial charge on any atom is 0.306 e. The second kappa shape index (κ2) is 22.7. The van der Waals surface area contributed by atoms with E-state index >= 15 is 0 Å². The van der Waals surface area contributed by atoms with Crippen molar-refractivity contribution in [1.29, 1.82) is 0 Å². The zero-order valence-corrected chi connectivity index (χ0v) is 21.3. The van der Waals surface area contributed by atoms with E-state index in [1.807, 2.05) is 0 Å². The average Bonchev–Trinajstić information content (AvgIpc) is 2.77. The molecule has 1 fully saturated rings. The molecule has 1 saturated heterocycles. The van der Waals surface area contributed by atoms with Crippen LogP contribution in [-0.4, -0.2) is 12.1 Å². The van der Waals surface area contributed by atoms with Crippen molar-refractivity contribution in [2.75, 3.05) is 0 Å². The molecule has 0 saturated carbocycles. The van der Waals surface area contributed by atoms with Gasteiger partial charge >= 0.3 is 5.97 Å². The Bertz CT molecular complexity index is 379. The van der Waals surface area contributed by atoms with Gasteiger partial charge in [0.2, 0.25) is 0 Å². The molecule has 1 heterocycles. The highest BCUT2D eigenvalue weighted by atomic mass is 16.5. The molecule has 0 bridgehead atoms. The van der Waals surface area contributed by atoms with E-state index in [1.54, 1.807) is 0 Å². The second-order valence-electron chi connectivity index (χ2n) is 10.2. The van der Waals surface area contributed by atoms with Crippen molar-refractivity contribution in [2.24, 2.45) is 0 Å². The Morgan fingerprint density at radius 1 is 0.581 bits per heavy atom. The minimum Gasteiger partial charge on any atom is -0.462 e. The number of ether oxygens (including phenoxy) is 1. The van der Waals surface area contributed by atoms with E-state index in [0.717, 1.165) is 19.3 Å². The first kappa shape index (κ1) is 28.5. The largest absolute Gasteiger partial charge is 0.462 e. The summed E-state index contributed by atoms with van der Waals surface area (Å²) in [5.74, 6) is 0.0232. The van der Waals surface area contributed by atoms with E-state index in [9.17, 15) is 4.79 Å². The number of esters is 1. The van der Waals surface area contributed by atoms with Gasteiger partial charge in [-0.05, 0) is 25.7 Å². The lowest BCUT2D eigenvalue weighted by Crippen LogP contribution is -2.23. The standard InChI is InChI=1S/C29H56O2/c1-2-3-4-5-6-7-8-9-10-11-12-13-14-15-16-17-18-19-20-21-22-23-25-28-26-24-27-29(30)31-28/h28H,2-27H2,1H3. The summed E-state index contributed by atoms with van der Waals surface area (Å²) in [5.41, 5.74) is 0. The number of hydrogen-bond donors (Lipinski definition) is 0. The Labute approximate surface area is 195 Å².